The molecule has 1 aromatic heterocycles. The van der Waals surface area contributed by atoms with Crippen LogP contribution in [0, 0.1) is 0 Å². The zero-order valence-electron chi connectivity index (χ0n) is 12.5. The van der Waals surface area contributed by atoms with Crippen molar-refractivity contribution in [1.82, 2.24) is 10.1 Å². The number of hydrogen-bond donors (Lipinski definition) is 1. The van der Waals surface area contributed by atoms with Gasteiger partial charge in [-0.2, -0.15) is 4.98 Å². The van der Waals surface area contributed by atoms with Crippen molar-refractivity contribution in [1.29, 1.82) is 0 Å². The Hall–Kier alpha value is -1.43. The molecule has 1 unspecified atom stereocenters. The fourth-order valence-electron chi connectivity index (χ4n) is 2.94. The number of benzene rings is 1. The second-order valence-corrected chi connectivity index (χ2v) is 6.09. The zero-order valence-corrected chi connectivity index (χ0v) is 13.2. The largest absolute Gasteiger partial charge is 0.380 e. The maximum Gasteiger partial charge on any atom is 0.258 e. The highest BCUT2D eigenvalue weighted by Gasteiger charge is 2.37. The lowest BCUT2D eigenvalue weighted by atomic mass is 9.85. The molecule has 22 heavy (non-hydrogen) atoms. The predicted octanol–water partition coefficient (Wildman–Crippen LogP) is 3.61. The van der Waals surface area contributed by atoms with E-state index in [0.717, 1.165) is 24.8 Å². The van der Waals surface area contributed by atoms with Crippen LogP contribution in [0.5, 0.6) is 0 Å². The molecular formula is C16H19ClN2O3. The van der Waals surface area contributed by atoms with Gasteiger partial charge in [0.2, 0.25) is 5.82 Å². The first-order chi connectivity index (χ1) is 10.6. The zero-order chi connectivity index (χ0) is 15.6. The van der Waals surface area contributed by atoms with Gasteiger partial charge >= 0.3 is 0 Å². The van der Waals surface area contributed by atoms with Crippen molar-refractivity contribution in [3.8, 4) is 0 Å². The van der Waals surface area contributed by atoms with Crippen LogP contribution in [0.2, 0.25) is 5.02 Å². The Morgan fingerprint density at radius 2 is 2.00 bits per heavy atom. The molecule has 0 bridgehead atoms. The van der Waals surface area contributed by atoms with Gasteiger partial charge in [-0.15, -0.1) is 0 Å². The van der Waals surface area contributed by atoms with E-state index in [1.54, 1.807) is 13.2 Å². The minimum Gasteiger partial charge on any atom is -0.380 e. The van der Waals surface area contributed by atoms with Crippen molar-refractivity contribution >= 4 is 11.6 Å². The molecule has 2 aromatic rings. The molecule has 0 spiro atoms. The summed E-state index contributed by atoms with van der Waals surface area (Å²) in [6.45, 7) is 0. The van der Waals surface area contributed by atoms with Gasteiger partial charge in [0.05, 0.1) is 0 Å². The van der Waals surface area contributed by atoms with Crippen LogP contribution < -0.4 is 0 Å². The standard InChI is InChI=1S/C16H19ClN2O3/c1-21-13(11-7-3-4-8-12(11)17)14-18-15(22-19-14)16(20)9-5-2-6-10-16/h3-4,7-8,13,20H,2,5-6,9-10H2,1H3. The van der Waals surface area contributed by atoms with Gasteiger partial charge in [-0.25, -0.2) is 0 Å². The fraction of sp³-hybridized carbons (Fsp3) is 0.500. The summed E-state index contributed by atoms with van der Waals surface area (Å²) in [5.41, 5.74) is -0.239. The second kappa shape index (κ2) is 6.36. The highest BCUT2D eigenvalue weighted by Crippen LogP contribution is 2.37. The number of methoxy groups -OCH3 is 1. The van der Waals surface area contributed by atoms with E-state index in [0.29, 0.717) is 23.7 Å². The molecule has 118 valence electrons. The molecule has 1 atom stereocenters. The Morgan fingerprint density at radius 1 is 1.27 bits per heavy atom. The molecule has 6 heteroatoms. The van der Waals surface area contributed by atoms with Gasteiger partial charge in [-0.3, -0.25) is 0 Å². The van der Waals surface area contributed by atoms with Crippen molar-refractivity contribution in [3.05, 3.63) is 46.6 Å². The molecule has 1 aliphatic carbocycles. The van der Waals surface area contributed by atoms with Crippen LogP contribution >= 0.6 is 11.6 Å². The molecule has 0 amide bonds. The first-order valence-corrected chi connectivity index (χ1v) is 7.85. The maximum absolute atomic E-state index is 10.7. The third-order valence-corrected chi connectivity index (χ3v) is 4.52. The topological polar surface area (TPSA) is 68.4 Å². The number of aromatic nitrogens is 2. The third kappa shape index (κ3) is 2.89. The molecule has 5 nitrogen and oxygen atoms in total. The summed E-state index contributed by atoms with van der Waals surface area (Å²) in [7, 11) is 1.57. The quantitative estimate of drug-likeness (QED) is 0.931. The summed E-state index contributed by atoms with van der Waals surface area (Å²) in [6.07, 6.45) is 3.84. The Kier molecular flexibility index (Phi) is 4.47. The van der Waals surface area contributed by atoms with Crippen LogP contribution in [0.25, 0.3) is 0 Å². The lowest BCUT2D eigenvalue weighted by molar-refractivity contribution is -0.0287. The predicted molar refractivity (Wildman–Crippen MR) is 81.6 cm³/mol. The molecule has 1 fully saturated rings. The monoisotopic (exact) mass is 322 g/mol. The average molecular weight is 323 g/mol. The Morgan fingerprint density at radius 3 is 2.68 bits per heavy atom. The first-order valence-electron chi connectivity index (χ1n) is 7.48. The van der Waals surface area contributed by atoms with E-state index in [-0.39, 0.29) is 5.89 Å². The summed E-state index contributed by atoms with van der Waals surface area (Å²) < 4.78 is 10.8. The van der Waals surface area contributed by atoms with Crippen molar-refractivity contribution in [2.24, 2.45) is 0 Å². The Balaban J connectivity index is 1.90. The molecule has 1 heterocycles. The summed E-state index contributed by atoms with van der Waals surface area (Å²) >= 11 is 6.21. The highest BCUT2D eigenvalue weighted by molar-refractivity contribution is 6.31. The number of hydrogen-bond acceptors (Lipinski definition) is 5. The van der Waals surface area contributed by atoms with Gasteiger partial charge in [0.1, 0.15) is 11.7 Å². The molecular weight excluding hydrogens is 304 g/mol. The molecule has 3 rings (SSSR count). The summed E-state index contributed by atoms with van der Waals surface area (Å²) in [5.74, 6) is 0.654. The number of halogens is 1. The van der Waals surface area contributed by atoms with Crippen LogP contribution in [0.3, 0.4) is 0 Å². The van der Waals surface area contributed by atoms with Gasteiger partial charge in [0, 0.05) is 17.7 Å². The minimum atomic E-state index is -1.01. The average Bonchev–Trinajstić information content (AvgIpc) is 3.01. The van der Waals surface area contributed by atoms with Crippen molar-refractivity contribution in [2.75, 3.05) is 7.11 Å². The Labute approximate surface area is 134 Å². The van der Waals surface area contributed by atoms with E-state index < -0.39 is 11.7 Å². The highest BCUT2D eigenvalue weighted by atomic mass is 35.5. The smallest absolute Gasteiger partial charge is 0.258 e. The second-order valence-electron chi connectivity index (χ2n) is 5.69. The molecule has 0 radical (unpaired) electrons. The summed E-state index contributed by atoms with van der Waals surface area (Å²) in [4.78, 5) is 4.38. The number of rotatable bonds is 4. The fourth-order valence-corrected chi connectivity index (χ4v) is 3.17. The van der Waals surface area contributed by atoms with E-state index in [2.05, 4.69) is 10.1 Å². The van der Waals surface area contributed by atoms with E-state index in [1.165, 1.54) is 0 Å². The van der Waals surface area contributed by atoms with Gasteiger partial charge in [0.15, 0.2) is 0 Å². The number of ether oxygens (including phenoxy) is 1. The van der Waals surface area contributed by atoms with Crippen LogP contribution in [-0.2, 0) is 10.3 Å². The lowest BCUT2D eigenvalue weighted by Gasteiger charge is -2.27. The Bertz CT molecular complexity index is 638. The molecule has 0 aliphatic heterocycles. The van der Waals surface area contributed by atoms with Crippen LogP contribution in [0.1, 0.15) is 55.5 Å². The van der Waals surface area contributed by atoms with E-state index in [4.69, 9.17) is 20.9 Å². The van der Waals surface area contributed by atoms with E-state index in [9.17, 15) is 5.11 Å². The minimum absolute atomic E-state index is 0.274. The van der Waals surface area contributed by atoms with Gasteiger partial charge < -0.3 is 14.4 Å². The molecule has 1 N–H and O–H groups in total. The van der Waals surface area contributed by atoms with Crippen LogP contribution in [0.15, 0.2) is 28.8 Å². The van der Waals surface area contributed by atoms with Crippen LogP contribution in [-0.4, -0.2) is 22.4 Å². The maximum atomic E-state index is 10.7. The molecule has 1 aromatic carbocycles. The van der Waals surface area contributed by atoms with E-state index in [1.807, 2.05) is 18.2 Å². The van der Waals surface area contributed by atoms with Crippen molar-refractivity contribution in [3.63, 3.8) is 0 Å². The molecule has 0 saturated heterocycles. The normalized spacial score (nSPS) is 19.0. The summed E-state index contributed by atoms with van der Waals surface area (Å²) in [6, 6.07) is 7.38. The van der Waals surface area contributed by atoms with E-state index >= 15 is 0 Å². The van der Waals surface area contributed by atoms with Gasteiger partial charge in [0.25, 0.3) is 5.89 Å². The summed E-state index contributed by atoms with van der Waals surface area (Å²) in [5, 5.41) is 15.2. The number of nitrogens with zero attached hydrogens (tertiary/aromatic N) is 2. The van der Waals surface area contributed by atoms with Gasteiger partial charge in [-0.05, 0) is 18.9 Å². The number of aliphatic hydroxyl groups is 1. The third-order valence-electron chi connectivity index (χ3n) is 4.18. The SMILES string of the molecule is COC(c1noc(C2(O)CCCCC2)n1)c1ccccc1Cl. The molecule has 1 aliphatic rings. The lowest BCUT2D eigenvalue weighted by Crippen LogP contribution is -2.28. The van der Waals surface area contributed by atoms with Crippen LogP contribution in [0.4, 0.5) is 0 Å². The molecule has 1 saturated carbocycles. The van der Waals surface area contributed by atoms with Crippen molar-refractivity contribution in [2.45, 2.75) is 43.8 Å². The van der Waals surface area contributed by atoms with Gasteiger partial charge in [-0.1, -0.05) is 54.2 Å². The van der Waals surface area contributed by atoms with Crippen molar-refractivity contribution < 1.29 is 14.4 Å². The first kappa shape index (κ1) is 15.5.